The topological polar surface area (TPSA) is 41.6 Å². The molecule has 2 aliphatic rings. The van der Waals surface area contributed by atoms with Gasteiger partial charge in [-0.15, -0.1) is 0 Å². The Hall–Kier alpha value is -1.88. The largest absolute Gasteiger partial charge is 0.379 e. The SMILES string of the molecule is O=C(NCc1ccccc1CN1CCOCC1)C1(c2ccc(Cl)cc2)CCC1. The Morgan fingerprint density at radius 3 is 2.36 bits per heavy atom. The predicted molar refractivity (Wildman–Crippen MR) is 111 cm³/mol. The number of amides is 1. The minimum Gasteiger partial charge on any atom is -0.379 e. The van der Waals surface area contributed by atoms with Gasteiger partial charge in [0.25, 0.3) is 0 Å². The van der Waals surface area contributed by atoms with E-state index in [0.29, 0.717) is 11.6 Å². The molecule has 0 bridgehead atoms. The monoisotopic (exact) mass is 398 g/mol. The molecule has 0 unspecified atom stereocenters. The van der Waals surface area contributed by atoms with Crippen LogP contribution in [-0.4, -0.2) is 37.1 Å². The number of carbonyl (C=O) groups excluding carboxylic acids is 1. The minimum atomic E-state index is -0.399. The molecule has 2 fully saturated rings. The van der Waals surface area contributed by atoms with Gasteiger partial charge < -0.3 is 10.1 Å². The average molecular weight is 399 g/mol. The highest BCUT2D eigenvalue weighted by atomic mass is 35.5. The van der Waals surface area contributed by atoms with Crippen molar-refractivity contribution in [2.45, 2.75) is 37.8 Å². The van der Waals surface area contributed by atoms with Crippen molar-refractivity contribution in [1.82, 2.24) is 10.2 Å². The van der Waals surface area contributed by atoms with Crippen LogP contribution in [0.25, 0.3) is 0 Å². The summed E-state index contributed by atoms with van der Waals surface area (Å²) in [5.74, 6) is 0.127. The fourth-order valence-electron chi connectivity index (χ4n) is 4.18. The summed E-state index contributed by atoms with van der Waals surface area (Å²) in [4.78, 5) is 15.5. The number of ether oxygens (including phenoxy) is 1. The maximum atomic E-state index is 13.1. The lowest BCUT2D eigenvalue weighted by Gasteiger charge is -2.40. The van der Waals surface area contributed by atoms with E-state index in [1.807, 2.05) is 30.3 Å². The summed E-state index contributed by atoms with van der Waals surface area (Å²) in [6, 6.07) is 16.1. The standard InChI is InChI=1S/C23H27ClN2O2/c24-21-8-6-20(7-9-21)23(10-3-11-23)22(27)25-16-18-4-1-2-5-19(18)17-26-12-14-28-15-13-26/h1-2,4-9H,3,10-17H2,(H,25,27). The van der Waals surface area contributed by atoms with Crippen molar-refractivity contribution in [3.63, 3.8) is 0 Å². The smallest absolute Gasteiger partial charge is 0.230 e. The van der Waals surface area contributed by atoms with Gasteiger partial charge in [0, 0.05) is 31.2 Å². The van der Waals surface area contributed by atoms with E-state index in [9.17, 15) is 4.79 Å². The number of nitrogens with one attached hydrogen (secondary N) is 1. The van der Waals surface area contributed by atoms with E-state index in [0.717, 1.165) is 57.7 Å². The minimum absolute atomic E-state index is 0.127. The zero-order valence-electron chi connectivity index (χ0n) is 16.1. The molecule has 1 aliphatic heterocycles. The third-order valence-electron chi connectivity index (χ3n) is 6.09. The van der Waals surface area contributed by atoms with Crippen molar-refractivity contribution in [2.75, 3.05) is 26.3 Å². The van der Waals surface area contributed by atoms with Crippen molar-refractivity contribution in [1.29, 1.82) is 0 Å². The van der Waals surface area contributed by atoms with Crippen LogP contribution in [0.2, 0.25) is 5.02 Å². The van der Waals surface area contributed by atoms with Crippen molar-refractivity contribution in [3.05, 3.63) is 70.2 Å². The Morgan fingerprint density at radius 1 is 1.04 bits per heavy atom. The highest BCUT2D eigenvalue weighted by Gasteiger charge is 2.45. The van der Waals surface area contributed by atoms with E-state index in [2.05, 4.69) is 28.4 Å². The lowest BCUT2D eigenvalue weighted by atomic mass is 9.64. The van der Waals surface area contributed by atoms with E-state index in [1.165, 1.54) is 11.1 Å². The number of benzene rings is 2. The molecule has 4 rings (SSSR count). The van der Waals surface area contributed by atoms with Gasteiger partial charge in [0.05, 0.1) is 18.6 Å². The summed E-state index contributed by atoms with van der Waals surface area (Å²) in [5, 5.41) is 3.92. The van der Waals surface area contributed by atoms with Crippen molar-refractivity contribution in [3.8, 4) is 0 Å². The van der Waals surface area contributed by atoms with Gasteiger partial charge in [0.15, 0.2) is 0 Å². The van der Waals surface area contributed by atoms with E-state index in [1.54, 1.807) is 0 Å². The van der Waals surface area contributed by atoms with Crippen LogP contribution in [0, 0.1) is 0 Å². The van der Waals surface area contributed by atoms with Crippen LogP contribution in [0.3, 0.4) is 0 Å². The van der Waals surface area contributed by atoms with Crippen LogP contribution >= 0.6 is 11.6 Å². The molecule has 0 spiro atoms. The zero-order valence-corrected chi connectivity index (χ0v) is 16.9. The van der Waals surface area contributed by atoms with Gasteiger partial charge in [-0.2, -0.15) is 0 Å². The fraction of sp³-hybridized carbons (Fsp3) is 0.435. The summed E-state index contributed by atoms with van der Waals surface area (Å²) in [7, 11) is 0. The first kappa shape index (κ1) is 19.4. The molecule has 28 heavy (non-hydrogen) atoms. The molecule has 1 N–H and O–H groups in total. The second kappa shape index (κ2) is 8.64. The number of halogens is 1. The highest BCUT2D eigenvalue weighted by Crippen LogP contribution is 2.44. The summed E-state index contributed by atoms with van der Waals surface area (Å²) >= 11 is 6.03. The maximum absolute atomic E-state index is 13.1. The Morgan fingerprint density at radius 2 is 1.71 bits per heavy atom. The van der Waals surface area contributed by atoms with Crippen LogP contribution in [-0.2, 0) is 28.0 Å². The molecular formula is C23H27ClN2O2. The van der Waals surface area contributed by atoms with E-state index in [4.69, 9.17) is 16.3 Å². The number of morpholine rings is 1. The number of nitrogens with zero attached hydrogens (tertiary/aromatic N) is 1. The lowest BCUT2D eigenvalue weighted by Crippen LogP contribution is -2.49. The van der Waals surface area contributed by atoms with Gasteiger partial charge in [-0.1, -0.05) is 54.4 Å². The average Bonchev–Trinajstić information content (AvgIpc) is 2.69. The fourth-order valence-corrected chi connectivity index (χ4v) is 4.30. The molecule has 1 amide bonds. The van der Waals surface area contributed by atoms with Crippen LogP contribution in [0.4, 0.5) is 0 Å². The number of carbonyl (C=O) groups is 1. The Labute approximate surface area is 171 Å². The molecule has 2 aromatic carbocycles. The summed E-state index contributed by atoms with van der Waals surface area (Å²) in [6.07, 6.45) is 2.88. The van der Waals surface area contributed by atoms with Crippen molar-refractivity contribution >= 4 is 17.5 Å². The highest BCUT2D eigenvalue weighted by molar-refractivity contribution is 6.30. The molecule has 1 saturated carbocycles. The molecule has 0 atom stereocenters. The Balaban J connectivity index is 1.44. The Bertz CT molecular complexity index is 812. The van der Waals surface area contributed by atoms with Gasteiger partial charge >= 0.3 is 0 Å². The first-order chi connectivity index (χ1) is 13.7. The summed E-state index contributed by atoms with van der Waals surface area (Å²) in [5.41, 5.74) is 3.14. The third kappa shape index (κ3) is 4.09. The molecule has 1 saturated heterocycles. The number of hydrogen-bond donors (Lipinski definition) is 1. The quantitative estimate of drug-likeness (QED) is 0.802. The van der Waals surface area contributed by atoms with Gasteiger partial charge in [0.1, 0.15) is 0 Å². The molecule has 2 aromatic rings. The van der Waals surface area contributed by atoms with Crippen LogP contribution in [0.5, 0.6) is 0 Å². The molecule has 1 heterocycles. The molecular weight excluding hydrogens is 372 g/mol. The van der Waals surface area contributed by atoms with E-state index < -0.39 is 5.41 Å². The second-order valence-electron chi connectivity index (χ2n) is 7.78. The zero-order chi connectivity index (χ0) is 19.4. The molecule has 4 nitrogen and oxygen atoms in total. The molecule has 148 valence electrons. The number of rotatable bonds is 6. The first-order valence-electron chi connectivity index (χ1n) is 10.1. The maximum Gasteiger partial charge on any atom is 0.230 e. The molecule has 5 heteroatoms. The third-order valence-corrected chi connectivity index (χ3v) is 6.35. The van der Waals surface area contributed by atoms with Crippen molar-refractivity contribution in [2.24, 2.45) is 0 Å². The van der Waals surface area contributed by atoms with E-state index in [-0.39, 0.29) is 5.91 Å². The Kier molecular flexibility index (Phi) is 6.00. The molecule has 0 aromatic heterocycles. The summed E-state index contributed by atoms with van der Waals surface area (Å²) in [6.45, 7) is 4.97. The van der Waals surface area contributed by atoms with Gasteiger partial charge in [-0.3, -0.25) is 9.69 Å². The molecule has 0 radical (unpaired) electrons. The van der Waals surface area contributed by atoms with Crippen LogP contribution in [0.1, 0.15) is 36.0 Å². The first-order valence-corrected chi connectivity index (χ1v) is 10.5. The van der Waals surface area contributed by atoms with Gasteiger partial charge in [0.2, 0.25) is 5.91 Å². The second-order valence-corrected chi connectivity index (χ2v) is 8.22. The van der Waals surface area contributed by atoms with Crippen LogP contribution in [0.15, 0.2) is 48.5 Å². The summed E-state index contributed by atoms with van der Waals surface area (Å²) < 4.78 is 5.45. The normalized spacial score (nSPS) is 19.0. The lowest BCUT2D eigenvalue weighted by molar-refractivity contribution is -0.130. The van der Waals surface area contributed by atoms with Crippen molar-refractivity contribution < 1.29 is 9.53 Å². The van der Waals surface area contributed by atoms with Gasteiger partial charge in [-0.25, -0.2) is 0 Å². The van der Waals surface area contributed by atoms with E-state index >= 15 is 0 Å². The molecule has 1 aliphatic carbocycles. The predicted octanol–water partition coefficient (Wildman–Crippen LogP) is 3.91. The number of hydrogen-bond acceptors (Lipinski definition) is 3. The van der Waals surface area contributed by atoms with Crippen LogP contribution < -0.4 is 5.32 Å². The van der Waals surface area contributed by atoms with Gasteiger partial charge in [-0.05, 0) is 41.7 Å².